The molecule has 0 saturated carbocycles. The van der Waals surface area contributed by atoms with Crippen molar-refractivity contribution >= 4 is 6.16 Å². The summed E-state index contributed by atoms with van der Waals surface area (Å²) in [5.74, 6) is -2.34. The molecule has 0 radical (unpaired) electrons. The molecule has 2 rings (SSSR count). The van der Waals surface area contributed by atoms with E-state index in [1.807, 2.05) is 20.8 Å². The SMILES string of the molecule is CC1=C(OC(=O)OCCC(C)(C)C)C(c2ccccc2OC(F)(F)F)C([N+](=O)[O-])=C(C)N1. The zero-order chi connectivity index (χ0) is 24.3. The van der Waals surface area contributed by atoms with E-state index in [1.165, 1.54) is 32.0 Å². The highest BCUT2D eigenvalue weighted by Gasteiger charge is 2.43. The molecule has 0 aliphatic carbocycles. The molecule has 0 spiro atoms. The molecule has 1 N–H and O–H groups in total. The van der Waals surface area contributed by atoms with Crippen molar-refractivity contribution in [1.82, 2.24) is 5.32 Å². The Bertz CT molecular complexity index is 948. The Labute approximate surface area is 183 Å². The van der Waals surface area contributed by atoms with Gasteiger partial charge in [0.15, 0.2) is 0 Å². The second kappa shape index (κ2) is 9.49. The lowest BCUT2D eigenvalue weighted by Crippen LogP contribution is -2.30. The molecule has 1 unspecified atom stereocenters. The maximum Gasteiger partial charge on any atom is 0.573 e. The summed E-state index contributed by atoms with van der Waals surface area (Å²) in [5, 5.41) is 14.6. The van der Waals surface area contributed by atoms with Crippen molar-refractivity contribution in [3.8, 4) is 5.75 Å². The van der Waals surface area contributed by atoms with E-state index in [0.717, 1.165) is 6.07 Å². The van der Waals surface area contributed by atoms with Crippen LogP contribution in [0.4, 0.5) is 18.0 Å². The molecule has 0 amide bonds. The van der Waals surface area contributed by atoms with Gasteiger partial charge in [-0.3, -0.25) is 10.1 Å². The summed E-state index contributed by atoms with van der Waals surface area (Å²) in [6.45, 7) is 8.77. The van der Waals surface area contributed by atoms with Gasteiger partial charge in [0.25, 0.3) is 5.70 Å². The molecule has 1 aliphatic heterocycles. The minimum atomic E-state index is -5.03. The Morgan fingerprint density at radius 3 is 2.34 bits per heavy atom. The topological polar surface area (TPSA) is 99.9 Å². The van der Waals surface area contributed by atoms with Crippen molar-refractivity contribution in [2.45, 2.75) is 53.3 Å². The number of carbonyl (C=O) groups is 1. The molecule has 1 heterocycles. The first-order valence-electron chi connectivity index (χ1n) is 9.72. The number of dihydropyridines is 1. The molecule has 1 aromatic rings. The first kappa shape index (κ1) is 25.0. The van der Waals surface area contributed by atoms with Gasteiger partial charge < -0.3 is 19.5 Å². The predicted molar refractivity (Wildman–Crippen MR) is 108 cm³/mol. The van der Waals surface area contributed by atoms with E-state index >= 15 is 0 Å². The molecule has 0 fully saturated rings. The fourth-order valence-electron chi connectivity index (χ4n) is 3.13. The molecular weight excluding hydrogens is 433 g/mol. The van der Waals surface area contributed by atoms with Gasteiger partial charge in [0.2, 0.25) is 0 Å². The Balaban J connectivity index is 2.46. The molecule has 32 heavy (non-hydrogen) atoms. The van der Waals surface area contributed by atoms with E-state index in [2.05, 4.69) is 10.1 Å². The molecule has 1 aromatic carbocycles. The molecule has 0 saturated heterocycles. The fraction of sp³-hybridized carbons (Fsp3) is 0.476. The Hall–Kier alpha value is -3.24. The predicted octanol–water partition coefficient (Wildman–Crippen LogP) is 5.60. The number of nitro groups is 1. The van der Waals surface area contributed by atoms with Crippen LogP contribution in [0, 0.1) is 15.5 Å². The maximum atomic E-state index is 12.9. The molecule has 0 bridgehead atoms. The van der Waals surface area contributed by atoms with E-state index < -0.39 is 34.8 Å². The first-order chi connectivity index (χ1) is 14.7. The Kier molecular flexibility index (Phi) is 7.42. The number of halogens is 3. The Morgan fingerprint density at radius 1 is 1.16 bits per heavy atom. The third-order valence-electron chi connectivity index (χ3n) is 4.58. The first-order valence-corrected chi connectivity index (χ1v) is 9.72. The van der Waals surface area contributed by atoms with Crippen molar-refractivity contribution in [1.29, 1.82) is 0 Å². The van der Waals surface area contributed by atoms with Crippen molar-refractivity contribution in [2.24, 2.45) is 5.41 Å². The number of hydrogen-bond acceptors (Lipinski definition) is 7. The van der Waals surface area contributed by atoms with E-state index in [4.69, 9.17) is 9.47 Å². The minimum Gasteiger partial charge on any atom is -0.434 e. The maximum absolute atomic E-state index is 12.9. The second-order valence-corrected chi connectivity index (χ2v) is 8.41. The van der Waals surface area contributed by atoms with Gasteiger partial charge in [-0.25, -0.2) is 4.79 Å². The molecule has 8 nitrogen and oxygen atoms in total. The number of nitrogens with one attached hydrogen (secondary N) is 1. The fourth-order valence-corrected chi connectivity index (χ4v) is 3.13. The normalized spacial score (nSPS) is 17.1. The largest absolute Gasteiger partial charge is 0.573 e. The highest BCUT2D eigenvalue weighted by molar-refractivity contribution is 5.63. The smallest absolute Gasteiger partial charge is 0.434 e. The highest BCUT2D eigenvalue weighted by Crippen LogP contribution is 2.43. The second-order valence-electron chi connectivity index (χ2n) is 8.41. The molecule has 1 aliphatic rings. The molecule has 0 aromatic heterocycles. The molecule has 11 heteroatoms. The number of ether oxygens (including phenoxy) is 3. The van der Waals surface area contributed by atoms with Crippen LogP contribution in [0.2, 0.25) is 0 Å². The van der Waals surface area contributed by atoms with Crippen molar-refractivity contribution in [3.63, 3.8) is 0 Å². The third-order valence-corrected chi connectivity index (χ3v) is 4.58. The van der Waals surface area contributed by atoms with Gasteiger partial charge in [0, 0.05) is 5.56 Å². The lowest BCUT2D eigenvalue weighted by molar-refractivity contribution is -0.431. The van der Waals surface area contributed by atoms with Crippen LogP contribution in [0.1, 0.15) is 52.5 Å². The summed E-state index contributed by atoms with van der Waals surface area (Å²) in [7, 11) is 0. The van der Waals surface area contributed by atoms with Gasteiger partial charge in [-0.15, -0.1) is 13.2 Å². The van der Waals surface area contributed by atoms with Crippen LogP contribution >= 0.6 is 0 Å². The van der Waals surface area contributed by atoms with Crippen molar-refractivity contribution in [2.75, 3.05) is 6.61 Å². The summed E-state index contributed by atoms with van der Waals surface area (Å²) in [6, 6.07) is 4.98. The number of nitrogens with zero attached hydrogens (tertiary/aromatic N) is 1. The number of alkyl halides is 3. The van der Waals surface area contributed by atoms with Gasteiger partial charge in [-0.1, -0.05) is 39.0 Å². The van der Waals surface area contributed by atoms with Crippen LogP contribution in [0.3, 0.4) is 0 Å². The summed E-state index contributed by atoms with van der Waals surface area (Å²) in [6.07, 6.45) is -5.61. The van der Waals surface area contributed by atoms with Gasteiger partial charge in [-0.2, -0.15) is 0 Å². The standard InChI is InChI=1S/C21H25F3N2O6/c1-12-17(26(28)29)16(14-8-6-7-9-15(14)32-21(22,23)24)18(13(2)25-12)31-19(27)30-11-10-20(3,4)5/h6-9,16,25H,10-11H2,1-5H3. The number of benzene rings is 1. The van der Waals surface area contributed by atoms with Gasteiger partial charge >= 0.3 is 12.5 Å². The minimum absolute atomic E-state index is 0.0392. The number of hydrogen-bond donors (Lipinski definition) is 1. The van der Waals surface area contributed by atoms with E-state index in [0.29, 0.717) is 6.42 Å². The lowest BCUT2D eigenvalue weighted by Gasteiger charge is -2.27. The summed E-state index contributed by atoms with van der Waals surface area (Å²) in [4.78, 5) is 23.4. The zero-order valence-corrected chi connectivity index (χ0v) is 18.3. The summed E-state index contributed by atoms with van der Waals surface area (Å²) in [5.41, 5.74) is -0.474. The van der Waals surface area contributed by atoms with E-state index in [-0.39, 0.29) is 34.7 Å². The molecule has 1 atom stereocenters. The van der Waals surface area contributed by atoms with Crippen LogP contribution in [0.15, 0.2) is 47.1 Å². The van der Waals surface area contributed by atoms with Gasteiger partial charge in [0.05, 0.1) is 22.9 Å². The lowest BCUT2D eigenvalue weighted by atomic mass is 9.89. The average molecular weight is 458 g/mol. The third kappa shape index (κ3) is 6.63. The van der Waals surface area contributed by atoms with E-state index in [9.17, 15) is 28.1 Å². The number of rotatable bonds is 6. The Morgan fingerprint density at radius 2 is 1.78 bits per heavy atom. The zero-order valence-electron chi connectivity index (χ0n) is 18.3. The van der Waals surface area contributed by atoms with Crippen molar-refractivity contribution in [3.05, 3.63) is 62.8 Å². The molecular formula is C21H25F3N2O6. The van der Waals surface area contributed by atoms with Crippen LogP contribution in [0.5, 0.6) is 5.75 Å². The van der Waals surface area contributed by atoms with Crippen molar-refractivity contribution < 1.29 is 37.1 Å². The summed E-state index contributed by atoms with van der Waals surface area (Å²) >= 11 is 0. The number of allylic oxidation sites excluding steroid dienone is 2. The monoisotopic (exact) mass is 458 g/mol. The van der Waals surface area contributed by atoms with Crippen LogP contribution in [-0.4, -0.2) is 24.0 Å². The number of para-hydroxylation sites is 1. The van der Waals surface area contributed by atoms with Gasteiger partial charge in [-0.05, 0) is 31.7 Å². The molecule has 176 valence electrons. The van der Waals surface area contributed by atoms with Crippen LogP contribution < -0.4 is 10.1 Å². The van der Waals surface area contributed by atoms with E-state index in [1.54, 1.807) is 0 Å². The number of carbonyl (C=O) groups excluding carboxylic acids is 1. The quantitative estimate of drug-likeness (QED) is 0.336. The average Bonchev–Trinajstić information content (AvgIpc) is 2.61. The summed E-state index contributed by atoms with van der Waals surface area (Å²) < 4.78 is 53.3. The van der Waals surface area contributed by atoms with Gasteiger partial charge in [0.1, 0.15) is 17.4 Å². The van der Waals surface area contributed by atoms with Crippen LogP contribution in [-0.2, 0) is 9.47 Å². The van der Waals surface area contributed by atoms with Crippen LogP contribution in [0.25, 0.3) is 0 Å². The highest BCUT2D eigenvalue weighted by atomic mass is 19.4.